The van der Waals surface area contributed by atoms with E-state index in [1.165, 1.54) is 38.9 Å². The molecule has 4 rings (SSSR count). The van der Waals surface area contributed by atoms with Gasteiger partial charge in [-0.3, -0.25) is 4.98 Å². The molecule has 0 radical (unpaired) electrons. The molecule has 0 N–H and O–H groups in total. The third-order valence-electron chi connectivity index (χ3n) is 4.82. The molecule has 0 amide bonds. The van der Waals surface area contributed by atoms with E-state index in [1.54, 1.807) is 0 Å². The van der Waals surface area contributed by atoms with Crippen molar-refractivity contribution in [1.29, 1.82) is 0 Å². The number of benzene rings is 1. The Morgan fingerprint density at radius 2 is 1.87 bits per heavy atom. The van der Waals surface area contributed by atoms with Gasteiger partial charge in [0.1, 0.15) is 6.20 Å². The first kappa shape index (κ1) is 14.1. The van der Waals surface area contributed by atoms with Crippen LogP contribution in [0.5, 0.6) is 0 Å². The van der Waals surface area contributed by atoms with Crippen LogP contribution in [0.3, 0.4) is 0 Å². The summed E-state index contributed by atoms with van der Waals surface area (Å²) in [4.78, 5) is 9.28. The number of hydrogen-bond acceptors (Lipinski definition) is 2. The van der Waals surface area contributed by atoms with E-state index in [9.17, 15) is 0 Å². The molecule has 1 aliphatic carbocycles. The van der Waals surface area contributed by atoms with Crippen molar-refractivity contribution >= 4 is 0 Å². The molecule has 114 valence electrons. The monoisotopic (exact) mass is 302 g/mol. The molecule has 0 aliphatic heterocycles. The van der Waals surface area contributed by atoms with Gasteiger partial charge in [-0.15, -0.1) is 0 Å². The molecule has 1 aromatic carbocycles. The first-order chi connectivity index (χ1) is 11.0. The Hall–Kier alpha value is -2.55. The fourth-order valence-corrected chi connectivity index (χ4v) is 3.48. The van der Waals surface area contributed by atoms with Crippen molar-refractivity contribution in [1.82, 2.24) is 9.97 Å². The van der Waals surface area contributed by atoms with Crippen LogP contribution in [0.25, 0.3) is 22.5 Å². The summed E-state index contributed by atoms with van der Waals surface area (Å²) in [5.41, 5.74) is 10.0. The van der Waals surface area contributed by atoms with Gasteiger partial charge in [0.2, 0.25) is 0 Å². The third-order valence-corrected chi connectivity index (χ3v) is 4.82. The molecule has 0 saturated heterocycles. The van der Waals surface area contributed by atoms with Crippen LogP contribution in [-0.2, 0) is 13.5 Å². The molecule has 2 aromatic heterocycles. The molecule has 3 nitrogen and oxygen atoms in total. The molecule has 2 heterocycles. The predicted octanol–water partition coefficient (Wildman–Crippen LogP) is 3.46. The molecule has 0 bridgehead atoms. The molecule has 0 atom stereocenters. The highest BCUT2D eigenvalue weighted by molar-refractivity contribution is 5.74. The molecule has 0 fully saturated rings. The number of nitrogens with zero attached hydrogens (tertiary/aromatic N) is 3. The third kappa shape index (κ3) is 2.15. The molecular formula is C20H20N3+. The number of fused-ring (bicyclic) bond motifs is 3. The maximum Gasteiger partial charge on any atom is 0.330 e. The average molecular weight is 302 g/mol. The molecule has 3 aromatic rings. The quantitative estimate of drug-likeness (QED) is 0.504. The van der Waals surface area contributed by atoms with Gasteiger partial charge in [0, 0.05) is 24.4 Å². The van der Waals surface area contributed by atoms with E-state index in [0.717, 1.165) is 17.9 Å². The molecule has 3 heteroatoms. The second-order valence-corrected chi connectivity index (χ2v) is 6.50. The zero-order valence-corrected chi connectivity index (χ0v) is 14.0. The number of aryl methyl sites for hydroxylation is 3. The van der Waals surface area contributed by atoms with Crippen molar-refractivity contribution < 1.29 is 4.57 Å². The van der Waals surface area contributed by atoms with Crippen LogP contribution in [0.1, 0.15) is 27.9 Å². The van der Waals surface area contributed by atoms with E-state index >= 15 is 0 Å². The van der Waals surface area contributed by atoms with Crippen LogP contribution in [0.15, 0.2) is 36.8 Å². The average Bonchev–Trinajstić information content (AvgIpc) is 2.88. The van der Waals surface area contributed by atoms with Crippen molar-refractivity contribution in [2.75, 3.05) is 0 Å². The van der Waals surface area contributed by atoms with Crippen LogP contribution >= 0.6 is 0 Å². The molecule has 0 unspecified atom stereocenters. The summed E-state index contributed by atoms with van der Waals surface area (Å²) in [6, 6.07) is 6.56. The molecule has 0 saturated carbocycles. The van der Waals surface area contributed by atoms with E-state index in [1.807, 2.05) is 12.4 Å². The predicted molar refractivity (Wildman–Crippen MR) is 91.1 cm³/mol. The Bertz CT molecular complexity index is 942. The second-order valence-electron chi connectivity index (χ2n) is 6.50. The van der Waals surface area contributed by atoms with E-state index in [4.69, 9.17) is 4.98 Å². The summed E-state index contributed by atoms with van der Waals surface area (Å²) in [7, 11) is 2.08. The number of pyridine rings is 1. The number of aromatic nitrogens is 3. The fraction of sp³-hybridized carbons (Fsp3) is 0.250. The molecular weight excluding hydrogens is 282 g/mol. The standard InChI is InChI=1S/C20H20N3/c1-12-7-13(2)14(3)16(8-12)20-22-19-9-15-5-6-21-10-17(15)18(19)11-23(20)4/h5-8,10-11H,9H2,1-4H3/q+1. The van der Waals surface area contributed by atoms with Crippen molar-refractivity contribution in [2.45, 2.75) is 27.2 Å². The van der Waals surface area contributed by atoms with Crippen molar-refractivity contribution in [3.63, 3.8) is 0 Å². The van der Waals surface area contributed by atoms with Crippen molar-refractivity contribution in [2.24, 2.45) is 7.05 Å². The maximum absolute atomic E-state index is 5.02. The molecule has 0 spiro atoms. The zero-order chi connectivity index (χ0) is 16.1. The highest BCUT2D eigenvalue weighted by atomic mass is 15.0. The largest absolute Gasteiger partial charge is 0.330 e. The van der Waals surface area contributed by atoms with Crippen LogP contribution in [0, 0.1) is 20.8 Å². The van der Waals surface area contributed by atoms with Gasteiger partial charge in [0.05, 0.1) is 18.2 Å². The summed E-state index contributed by atoms with van der Waals surface area (Å²) in [5, 5.41) is 0. The Morgan fingerprint density at radius 1 is 1.04 bits per heavy atom. The topological polar surface area (TPSA) is 29.7 Å². The van der Waals surface area contributed by atoms with Crippen LogP contribution < -0.4 is 4.57 Å². The highest BCUT2D eigenvalue weighted by Crippen LogP contribution is 2.35. The van der Waals surface area contributed by atoms with E-state index < -0.39 is 0 Å². The van der Waals surface area contributed by atoms with Gasteiger partial charge in [0.15, 0.2) is 5.69 Å². The minimum atomic E-state index is 0.894. The van der Waals surface area contributed by atoms with Crippen LogP contribution in [-0.4, -0.2) is 9.97 Å². The first-order valence-corrected chi connectivity index (χ1v) is 7.95. The van der Waals surface area contributed by atoms with Gasteiger partial charge in [-0.05, 0) is 60.1 Å². The molecule has 23 heavy (non-hydrogen) atoms. The van der Waals surface area contributed by atoms with E-state index in [0.29, 0.717) is 0 Å². The van der Waals surface area contributed by atoms with Crippen LogP contribution in [0.2, 0.25) is 0 Å². The summed E-state index contributed by atoms with van der Waals surface area (Å²) in [5.74, 6) is 1.04. The van der Waals surface area contributed by atoms with Gasteiger partial charge in [-0.25, -0.2) is 4.57 Å². The van der Waals surface area contributed by atoms with Crippen molar-refractivity contribution in [3.8, 4) is 22.5 Å². The van der Waals surface area contributed by atoms with Crippen LogP contribution in [0.4, 0.5) is 0 Å². The Balaban J connectivity index is 1.93. The maximum atomic E-state index is 5.02. The summed E-state index contributed by atoms with van der Waals surface area (Å²) in [6.45, 7) is 6.49. The SMILES string of the molecule is Cc1cc(C)c(C)c(-c2nc3c(c[n+]2C)-c2cnccc2C3)c1. The molecule has 1 aliphatic rings. The lowest BCUT2D eigenvalue weighted by atomic mass is 9.99. The van der Waals surface area contributed by atoms with Gasteiger partial charge < -0.3 is 0 Å². The summed E-state index contributed by atoms with van der Waals surface area (Å²) in [6.07, 6.45) is 6.90. The summed E-state index contributed by atoms with van der Waals surface area (Å²) >= 11 is 0. The van der Waals surface area contributed by atoms with E-state index in [2.05, 4.69) is 61.8 Å². The Labute approximate surface area is 136 Å². The Kier molecular flexibility index (Phi) is 3.05. The van der Waals surface area contributed by atoms with Gasteiger partial charge in [-0.1, -0.05) is 6.07 Å². The minimum Gasteiger partial charge on any atom is -0.264 e. The minimum absolute atomic E-state index is 0.894. The Morgan fingerprint density at radius 3 is 2.70 bits per heavy atom. The number of hydrogen-bond donors (Lipinski definition) is 0. The second kappa shape index (κ2) is 4.98. The van der Waals surface area contributed by atoms with Gasteiger partial charge in [-0.2, -0.15) is 0 Å². The lowest BCUT2D eigenvalue weighted by Crippen LogP contribution is -2.33. The first-order valence-electron chi connectivity index (χ1n) is 7.95. The fourth-order valence-electron chi connectivity index (χ4n) is 3.48. The normalized spacial score (nSPS) is 12.2. The van der Waals surface area contributed by atoms with Gasteiger partial charge >= 0.3 is 5.82 Å². The number of rotatable bonds is 1. The summed E-state index contributed by atoms with van der Waals surface area (Å²) < 4.78 is 2.14. The zero-order valence-electron chi connectivity index (χ0n) is 14.0. The van der Waals surface area contributed by atoms with Crippen molar-refractivity contribution in [3.05, 3.63) is 64.7 Å². The van der Waals surface area contributed by atoms with E-state index in [-0.39, 0.29) is 0 Å². The lowest BCUT2D eigenvalue weighted by Gasteiger charge is -2.09. The smallest absolute Gasteiger partial charge is 0.264 e. The highest BCUT2D eigenvalue weighted by Gasteiger charge is 2.28. The lowest BCUT2D eigenvalue weighted by molar-refractivity contribution is -0.662. The van der Waals surface area contributed by atoms with Gasteiger partial charge in [0.25, 0.3) is 0 Å².